The summed E-state index contributed by atoms with van der Waals surface area (Å²) in [6, 6.07) is 13.8. The minimum atomic E-state index is 0.581. The number of ether oxygens (including phenoxy) is 2. The molecule has 0 aliphatic rings. The topological polar surface area (TPSA) is 44.2 Å². The van der Waals surface area contributed by atoms with Crippen molar-refractivity contribution < 1.29 is 9.47 Å². The van der Waals surface area contributed by atoms with Gasteiger partial charge in [-0.05, 0) is 13.8 Å². The van der Waals surface area contributed by atoms with Gasteiger partial charge in [0.1, 0.15) is 0 Å². The van der Waals surface area contributed by atoms with Crippen molar-refractivity contribution in [2.24, 2.45) is 0 Å². The SMILES string of the molecule is CCOc1cc2ncc(-c3ccccc3)nc2cc1OCC. The lowest BCUT2D eigenvalue weighted by Gasteiger charge is -2.12. The number of rotatable bonds is 5. The summed E-state index contributed by atoms with van der Waals surface area (Å²) >= 11 is 0. The Labute approximate surface area is 129 Å². The number of hydrogen-bond acceptors (Lipinski definition) is 4. The fourth-order valence-corrected chi connectivity index (χ4v) is 2.31. The first-order chi connectivity index (χ1) is 10.8. The van der Waals surface area contributed by atoms with Crippen LogP contribution in [0.3, 0.4) is 0 Å². The van der Waals surface area contributed by atoms with Gasteiger partial charge in [-0.25, -0.2) is 4.98 Å². The molecule has 4 nitrogen and oxygen atoms in total. The molecule has 0 aliphatic carbocycles. The standard InChI is InChI=1S/C18H18N2O2/c1-3-21-17-10-14-15(11-18(17)22-4-2)20-16(12-19-14)13-8-6-5-7-9-13/h5-12H,3-4H2,1-2H3. The summed E-state index contributed by atoms with van der Waals surface area (Å²) in [5.41, 5.74) is 3.49. The average molecular weight is 294 g/mol. The van der Waals surface area contributed by atoms with Crippen LogP contribution in [0.4, 0.5) is 0 Å². The Kier molecular flexibility index (Phi) is 4.19. The molecule has 0 aliphatic heterocycles. The molecule has 0 saturated carbocycles. The van der Waals surface area contributed by atoms with Gasteiger partial charge in [-0.3, -0.25) is 4.98 Å². The highest BCUT2D eigenvalue weighted by Gasteiger charge is 2.10. The maximum atomic E-state index is 5.65. The van der Waals surface area contributed by atoms with E-state index in [1.807, 2.05) is 56.3 Å². The molecule has 3 aromatic rings. The predicted octanol–water partition coefficient (Wildman–Crippen LogP) is 4.09. The third-order valence-corrected chi connectivity index (χ3v) is 3.28. The first kappa shape index (κ1) is 14.3. The van der Waals surface area contributed by atoms with E-state index in [0.717, 1.165) is 22.3 Å². The molecule has 0 unspecified atom stereocenters. The molecule has 0 fully saturated rings. The number of fused-ring (bicyclic) bond motifs is 1. The lowest BCUT2D eigenvalue weighted by molar-refractivity contribution is 0.288. The summed E-state index contributed by atoms with van der Waals surface area (Å²) < 4.78 is 11.3. The van der Waals surface area contributed by atoms with E-state index in [-0.39, 0.29) is 0 Å². The molecule has 1 aromatic heterocycles. The maximum absolute atomic E-state index is 5.65. The zero-order chi connectivity index (χ0) is 15.4. The molecule has 0 saturated heterocycles. The van der Waals surface area contributed by atoms with Gasteiger partial charge in [-0.2, -0.15) is 0 Å². The van der Waals surface area contributed by atoms with Crippen molar-refractivity contribution in [1.82, 2.24) is 9.97 Å². The molecule has 0 atom stereocenters. The summed E-state index contributed by atoms with van der Waals surface area (Å²) in [6.45, 7) is 5.06. The molecule has 0 N–H and O–H groups in total. The fraction of sp³-hybridized carbons (Fsp3) is 0.222. The third-order valence-electron chi connectivity index (χ3n) is 3.28. The van der Waals surface area contributed by atoms with Crippen molar-refractivity contribution in [2.75, 3.05) is 13.2 Å². The van der Waals surface area contributed by atoms with Crippen molar-refractivity contribution >= 4 is 11.0 Å². The second-order valence-electron chi connectivity index (χ2n) is 4.77. The quantitative estimate of drug-likeness (QED) is 0.711. The average Bonchev–Trinajstić information content (AvgIpc) is 2.56. The number of nitrogens with zero attached hydrogens (tertiary/aromatic N) is 2. The number of aromatic nitrogens is 2. The molecular weight excluding hydrogens is 276 g/mol. The third kappa shape index (κ3) is 2.86. The second-order valence-corrected chi connectivity index (χ2v) is 4.77. The van der Waals surface area contributed by atoms with Crippen molar-refractivity contribution in [3.05, 3.63) is 48.7 Å². The van der Waals surface area contributed by atoms with Crippen LogP contribution in [-0.2, 0) is 0 Å². The highest BCUT2D eigenvalue weighted by molar-refractivity contribution is 5.81. The van der Waals surface area contributed by atoms with Gasteiger partial charge < -0.3 is 9.47 Å². The number of hydrogen-bond donors (Lipinski definition) is 0. The van der Waals surface area contributed by atoms with Crippen LogP contribution in [0.2, 0.25) is 0 Å². The van der Waals surface area contributed by atoms with Crippen LogP contribution >= 0.6 is 0 Å². The molecular formula is C18H18N2O2. The van der Waals surface area contributed by atoms with E-state index in [1.165, 1.54) is 0 Å². The Hall–Kier alpha value is -2.62. The number of benzene rings is 2. The van der Waals surface area contributed by atoms with Crippen LogP contribution in [0.5, 0.6) is 11.5 Å². The molecule has 0 radical (unpaired) electrons. The van der Waals surface area contributed by atoms with Crippen molar-refractivity contribution in [2.45, 2.75) is 13.8 Å². The van der Waals surface area contributed by atoms with Crippen molar-refractivity contribution in [3.8, 4) is 22.8 Å². The Balaban J connectivity index is 2.09. The second kappa shape index (κ2) is 6.43. The minimum absolute atomic E-state index is 0.581. The van der Waals surface area contributed by atoms with E-state index in [0.29, 0.717) is 24.7 Å². The molecule has 0 amide bonds. The van der Waals surface area contributed by atoms with Crippen LogP contribution in [0, 0.1) is 0 Å². The Bertz CT molecular complexity index is 773. The van der Waals surface area contributed by atoms with Gasteiger partial charge in [0.15, 0.2) is 11.5 Å². The molecule has 3 rings (SSSR count). The van der Waals surface area contributed by atoms with Crippen LogP contribution in [-0.4, -0.2) is 23.2 Å². The summed E-state index contributed by atoms with van der Waals surface area (Å²) in [5, 5.41) is 0. The molecule has 0 bridgehead atoms. The van der Waals surface area contributed by atoms with E-state index in [1.54, 1.807) is 6.20 Å². The van der Waals surface area contributed by atoms with Crippen LogP contribution in [0.15, 0.2) is 48.7 Å². The van der Waals surface area contributed by atoms with E-state index >= 15 is 0 Å². The van der Waals surface area contributed by atoms with E-state index in [2.05, 4.69) is 4.98 Å². The van der Waals surface area contributed by atoms with E-state index in [4.69, 9.17) is 14.5 Å². The summed E-state index contributed by atoms with van der Waals surface area (Å²) in [6.07, 6.45) is 1.79. The Morgan fingerprint density at radius 2 is 1.50 bits per heavy atom. The van der Waals surface area contributed by atoms with Gasteiger partial charge in [0.25, 0.3) is 0 Å². The van der Waals surface area contributed by atoms with E-state index in [9.17, 15) is 0 Å². The van der Waals surface area contributed by atoms with Gasteiger partial charge in [0.2, 0.25) is 0 Å². The molecule has 112 valence electrons. The lowest BCUT2D eigenvalue weighted by atomic mass is 10.1. The zero-order valence-corrected chi connectivity index (χ0v) is 12.7. The highest BCUT2D eigenvalue weighted by atomic mass is 16.5. The van der Waals surface area contributed by atoms with Crippen molar-refractivity contribution in [3.63, 3.8) is 0 Å². The Morgan fingerprint density at radius 3 is 2.14 bits per heavy atom. The predicted molar refractivity (Wildman–Crippen MR) is 87.3 cm³/mol. The smallest absolute Gasteiger partial charge is 0.163 e. The van der Waals surface area contributed by atoms with Gasteiger partial charge in [-0.15, -0.1) is 0 Å². The molecule has 2 aromatic carbocycles. The molecule has 1 heterocycles. The summed E-state index contributed by atoms with van der Waals surface area (Å²) in [4.78, 5) is 9.20. The molecule has 0 spiro atoms. The van der Waals surface area contributed by atoms with Crippen LogP contribution in [0.1, 0.15) is 13.8 Å². The van der Waals surface area contributed by atoms with Gasteiger partial charge in [-0.1, -0.05) is 30.3 Å². The first-order valence-electron chi connectivity index (χ1n) is 7.43. The molecule has 4 heteroatoms. The summed E-state index contributed by atoms with van der Waals surface area (Å²) in [5.74, 6) is 1.41. The lowest BCUT2D eigenvalue weighted by Crippen LogP contribution is -1.99. The van der Waals surface area contributed by atoms with Crippen molar-refractivity contribution in [1.29, 1.82) is 0 Å². The fourth-order valence-electron chi connectivity index (χ4n) is 2.31. The normalized spacial score (nSPS) is 10.6. The largest absolute Gasteiger partial charge is 0.490 e. The van der Waals surface area contributed by atoms with Crippen LogP contribution in [0.25, 0.3) is 22.3 Å². The van der Waals surface area contributed by atoms with Crippen LogP contribution < -0.4 is 9.47 Å². The van der Waals surface area contributed by atoms with Gasteiger partial charge in [0, 0.05) is 17.7 Å². The Morgan fingerprint density at radius 1 is 0.864 bits per heavy atom. The van der Waals surface area contributed by atoms with Gasteiger partial charge in [0.05, 0.1) is 36.1 Å². The first-order valence-corrected chi connectivity index (χ1v) is 7.43. The summed E-state index contributed by atoms with van der Waals surface area (Å²) in [7, 11) is 0. The van der Waals surface area contributed by atoms with Gasteiger partial charge >= 0.3 is 0 Å². The maximum Gasteiger partial charge on any atom is 0.163 e. The zero-order valence-electron chi connectivity index (χ0n) is 12.7. The molecule has 22 heavy (non-hydrogen) atoms. The monoisotopic (exact) mass is 294 g/mol. The highest BCUT2D eigenvalue weighted by Crippen LogP contribution is 2.32. The minimum Gasteiger partial charge on any atom is -0.490 e. The van der Waals surface area contributed by atoms with E-state index < -0.39 is 0 Å².